The van der Waals surface area contributed by atoms with Gasteiger partial charge in [-0.15, -0.1) is 0 Å². The summed E-state index contributed by atoms with van der Waals surface area (Å²) in [7, 11) is 0. The van der Waals surface area contributed by atoms with Gasteiger partial charge in [-0.25, -0.2) is 4.98 Å². The Kier molecular flexibility index (Phi) is 5.71. The summed E-state index contributed by atoms with van der Waals surface area (Å²) >= 11 is 0. The van der Waals surface area contributed by atoms with Gasteiger partial charge in [0.2, 0.25) is 0 Å². The van der Waals surface area contributed by atoms with Gasteiger partial charge in [0.25, 0.3) is 5.91 Å². The summed E-state index contributed by atoms with van der Waals surface area (Å²) in [5.41, 5.74) is 4.87. The zero-order chi connectivity index (χ0) is 23.0. The molecule has 8 heteroatoms. The highest BCUT2D eigenvalue weighted by atomic mass is 19.4. The maximum atomic E-state index is 12.6. The first-order valence-electron chi connectivity index (χ1n) is 10.5. The number of carbonyl (C=O) groups is 1. The van der Waals surface area contributed by atoms with Crippen molar-refractivity contribution >= 4 is 23.3 Å². The zero-order valence-corrected chi connectivity index (χ0v) is 18.0. The van der Waals surface area contributed by atoms with E-state index in [-0.39, 0.29) is 18.5 Å². The molecule has 168 valence electrons. The molecule has 5 nitrogen and oxygen atoms in total. The first-order valence-corrected chi connectivity index (χ1v) is 10.5. The van der Waals surface area contributed by atoms with E-state index in [1.165, 1.54) is 0 Å². The van der Waals surface area contributed by atoms with E-state index in [2.05, 4.69) is 29.1 Å². The Morgan fingerprint density at radius 3 is 2.72 bits per heavy atom. The fraction of sp³-hybridized carbons (Fsp3) is 0.333. The highest BCUT2D eigenvalue weighted by molar-refractivity contribution is 5.96. The van der Waals surface area contributed by atoms with E-state index in [0.717, 1.165) is 28.8 Å². The van der Waals surface area contributed by atoms with E-state index in [1.807, 2.05) is 29.7 Å². The number of rotatable bonds is 7. The van der Waals surface area contributed by atoms with Crippen molar-refractivity contribution in [2.45, 2.75) is 38.9 Å². The summed E-state index contributed by atoms with van der Waals surface area (Å²) in [6.07, 6.45) is 0.989. The Bertz CT molecular complexity index is 1180. The Morgan fingerprint density at radius 2 is 2.09 bits per heavy atom. The molecule has 1 saturated carbocycles. The molecule has 0 aliphatic heterocycles. The molecular weight excluding hydrogens is 417 g/mol. The second kappa shape index (κ2) is 8.33. The van der Waals surface area contributed by atoms with Crippen LogP contribution in [0.2, 0.25) is 0 Å². The molecule has 32 heavy (non-hydrogen) atoms. The van der Waals surface area contributed by atoms with Crippen LogP contribution in [-0.2, 0) is 0 Å². The lowest BCUT2D eigenvalue weighted by Crippen LogP contribution is -2.27. The van der Waals surface area contributed by atoms with Gasteiger partial charge in [0.15, 0.2) is 5.65 Å². The van der Waals surface area contributed by atoms with Crippen molar-refractivity contribution in [3.8, 4) is 11.3 Å². The highest BCUT2D eigenvalue weighted by Crippen LogP contribution is 2.31. The van der Waals surface area contributed by atoms with Gasteiger partial charge in [-0.2, -0.15) is 13.2 Å². The molecule has 1 fully saturated rings. The number of hydrogen-bond donors (Lipinski definition) is 2. The monoisotopic (exact) mass is 442 g/mol. The molecule has 3 aromatic rings. The van der Waals surface area contributed by atoms with E-state index >= 15 is 0 Å². The third-order valence-corrected chi connectivity index (χ3v) is 5.78. The quantitative estimate of drug-likeness (QED) is 0.511. The van der Waals surface area contributed by atoms with Crippen LogP contribution in [0.3, 0.4) is 0 Å². The Morgan fingerprint density at radius 1 is 1.34 bits per heavy atom. The van der Waals surface area contributed by atoms with Gasteiger partial charge >= 0.3 is 6.18 Å². The molecule has 1 aromatic carbocycles. The number of imidazole rings is 1. The number of alkyl halides is 3. The van der Waals surface area contributed by atoms with Crippen LogP contribution in [0.4, 0.5) is 18.9 Å². The highest BCUT2D eigenvalue weighted by Gasteiger charge is 2.34. The largest absolute Gasteiger partial charge is 0.390 e. The number of anilines is 1. The van der Waals surface area contributed by atoms with Crippen molar-refractivity contribution in [2.75, 3.05) is 11.9 Å². The molecule has 1 unspecified atom stereocenters. The standard InChI is InChI=1S/C24H25F3N4O/c1-4-16-11-20(28-8-7-24(25,26)27)22-29-12-21(31(22)13-16)17-5-6-18(14(2)9-17)23(32)30-19-10-15(19)3/h4-6,9,11-13,15,19,28H,1,7-8,10H2,2-3H3,(H,30,32)/t15-,19?/m0/s1. The second-order valence-electron chi connectivity index (χ2n) is 8.34. The van der Waals surface area contributed by atoms with Crippen molar-refractivity contribution in [1.82, 2.24) is 14.7 Å². The number of pyridine rings is 1. The summed E-state index contributed by atoms with van der Waals surface area (Å²) in [5.74, 6) is 0.446. The lowest BCUT2D eigenvalue weighted by molar-refractivity contribution is -0.131. The fourth-order valence-electron chi connectivity index (χ4n) is 3.75. The third kappa shape index (κ3) is 4.64. The molecule has 0 spiro atoms. The number of fused-ring (bicyclic) bond motifs is 1. The van der Waals surface area contributed by atoms with Gasteiger partial charge < -0.3 is 10.6 Å². The average molecular weight is 442 g/mol. The third-order valence-electron chi connectivity index (χ3n) is 5.78. The normalized spacial score (nSPS) is 17.9. The minimum Gasteiger partial charge on any atom is -0.382 e. The van der Waals surface area contributed by atoms with E-state index in [0.29, 0.717) is 22.8 Å². The van der Waals surface area contributed by atoms with Crippen molar-refractivity contribution < 1.29 is 18.0 Å². The van der Waals surface area contributed by atoms with E-state index < -0.39 is 12.6 Å². The number of benzene rings is 1. The van der Waals surface area contributed by atoms with Crippen LogP contribution in [0.15, 0.2) is 43.2 Å². The summed E-state index contributed by atoms with van der Waals surface area (Å²) < 4.78 is 39.5. The van der Waals surface area contributed by atoms with Crippen LogP contribution >= 0.6 is 0 Å². The number of amides is 1. The van der Waals surface area contributed by atoms with Crippen LogP contribution in [0.25, 0.3) is 23.0 Å². The molecule has 2 N–H and O–H groups in total. The minimum atomic E-state index is -4.23. The van der Waals surface area contributed by atoms with Gasteiger partial charge in [0.1, 0.15) is 0 Å². The van der Waals surface area contributed by atoms with Gasteiger partial charge in [-0.05, 0) is 48.6 Å². The average Bonchev–Trinajstić information content (AvgIpc) is 3.24. The van der Waals surface area contributed by atoms with Crippen molar-refractivity contribution in [2.24, 2.45) is 5.92 Å². The molecule has 4 rings (SSSR count). The smallest absolute Gasteiger partial charge is 0.382 e. The fourth-order valence-corrected chi connectivity index (χ4v) is 3.75. The molecule has 1 aliphatic rings. The van der Waals surface area contributed by atoms with Crippen LogP contribution in [-0.4, -0.2) is 34.1 Å². The number of aromatic nitrogens is 2. The van der Waals surface area contributed by atoms with Gasteiger partial charge in [-0.1, -0.05) is 25.6 Å². The van der Waals surface area contributed by atoms with Gasteiger partial charge in [-0.3, -0.25) is 9.20 Å². The Hall–Kier alpha value is -3.29. The number of halogens is 3. The van der Waals surface area contributed by atoms with Crippen molar-refractivity contribution in [1.29, 1.82) is 0 Å². The number of aryl methyl sites for hydroxylation is 1. The summed E-state index contributed by atoms with van der Waals surface area (Å²) in [4.78, 5) is 17.0. The number of nitrogens with one attached hydrogen (secondary N) is 2. The summed E-state index contributed by atoms with van der Waals surface area (Å²) in [6, 6.07) is 7.56. The summed E-state index contributed by atoms with van der Waals surface area (Å²) in [5, 5.41) is 5.88. The molecule has 0 radical (unpaired) electrons. The van der Waals surface area contributed by atoms with E-state index in [4.69, 9.17) is 0 Å². The molecule has 2 heterocycles. The topological polar surface area (TPSA) is 58.4 Å². The maximum Gasteiger partial charge on any atom is 0.390 e. The number of nitrogens with zero attached hydrogens (tertiary/aromatic N) is 2. The van der Waals surface area contributed by atoms with Crippen LogP contribution in [0.1, 0.15) is 41.3 Å². The van der Waals surface area contributed by atoms with Crippen LogP contribution in [0, 0.1) is 12.8 Å². The molecule has 2 aromatic heterocycles. The van der Waals surface area contributed by atoms with Crippen molar-refractivity contribution in [3.05, 3.63) is 59.9 Å². The molecule has 2 atom stereocenters. The second-order valence-corrected chi connectivity index (χ2v) is 8.34. The predicted octanol–water partition coefficient (Wildman–Crippen LogP) is 5.46. The molecule has 0 bridgehead atoms. The van der Waals surface area contributed by atoms with E-state index in [9.17, 15) is 18.0 Å². The number of carbonyl (C=O) groups excluding carboxylic acids is 1. The van der Waals surface area contributed by atoms with Crippen LogP contribution < -0.4 is 10.6 Å². The molecule has 1 amide bonds. The molecule has 1 aliphatic carbocycles. The van der Waals surface area contributed by atoms with E-state index in [1.54, 1.807) is 24.4 Å². The Balaban J connectivity index is 1.64. The van der Waals surface area contributed by atoms with Gasteiger partial charge in [0.05, 0.1) is 24.0 Å². The van der Waals surface area contributed by atoms with Gasteiger partial charge in [0, 0.05) is 29.9 Å². The SMILES string of the molecule is C=Cc1cc(NCCC(F)(F)F)c2ncc(-c3ccc(C(=O)NC4C[C@@H]4C)c(C)c3)n2c1. The predicted molar refractivity (Wildman–Crippen MR) is 120 cm³/mol. The maximum absolute atomic E-state index is 12.6. The molecule has 0 saturated heterocycles. The summed E-state index contributed by atoms with van der Waals surface area (Å²) in [6.45, 7) is 7.53. The minimum absolute atomic E-state index is 0.0772. The Labute approximate surface area is 184 Å². The van der Waals surface area contributed by atoms with Crippen molar-refractivity contribution in [3.63, 3.8) is 0 Å². The van der Waals surface area contributed by atoms with Crippen LogP contribution in [0.5, 0.6) is 0 Å². The number of hydrogen-bond acceptors (Lipinski definition) is 3. The first-order chi connectivity index (χ1) is 15.2. The molecular formula is C24H25F3N4O. The first kappa shape index (κ1) is 21.9. The lowest BCUT2D eigenvalue weighted by atomic mass is 10.0. The zero-order valence-electron chi connectivity index (χ0n) is 18.0. The lowest BCUT2D eigenvalue weighted by Gasteiger charge is -2.12.